The van der Waals surface area contributed by atoms with Gasteiger partial charge in [0.2, 0.25) is 0 Å². The Morgan fingerprint density at radius 3 is 2.00 bits per heavy atom. The monoisotopic (exact) mass is 480 g/mol. The number of esters is 2. The van der Waals surface area contributed by atoms with E-state index in [0.29, 0.717) is 22.3 Å². The minimum absolute atomic E-state index is 0.0811. The summed E-state index contributed by atoms with van der Waals surface area (Å²) in [5.41, 5.74) is 3.44. The van der Waals surface area contributed by atoms with E-state index in [4.69, 9.17) is 9.47 Å². The summed E-state index contributed by atoms with van der Waals surface area (Å²) in [5.74, 6) is 9.75. The molecule has 1 atom stereocenters. The lowest BCUT2D eigenvalue weighted by atomic mass is 9.95. The van der Waals surface area contributed by atoms with Crippen LogP contribution in [0.25, 0.3) is 0 Å². The molecular formula is C31H28O5. The molecule has 0 aliphatic carbocycles. The van der Waals surface area contributed by atoms with Crippen molar-refractivity contribution in [3.63, 3.8) is 0 Å². The molecule has 0 fully saturated rings. The Morgan fingerprint density at radius 2 is 1.33 bits per heavy atom. The summed E-state index contributed by atoms with van der Waals surface area (Å²) in [4.78, 5) is 24.8. The molecule has 3 aromatic carbocycles. The van der Waals surface area contributed by atoms with Crippen LogP contribution in [-0.4, -0.2) is 30.3 Å². The molecule has 5 heteroatoms. The third kappa shape index (κ3) is 7.34. The van der Waals surface area contributed by atoms with Crippen molar-refractivity contribution in [2.75, 3.05) is 13.2 Å². The molecule has 0 amide bonds. The van der Waals surface area contributed by atoms with E-state index in [1.54, 1.807) is 38.1 Å². The highest BCUT2D eigenvalue weighted by molar-refractivity contribution is 5.95. The number of ether oxygens (including phenoxy) is 2. The second kappa shape index (κ2) is 13.5. The van der Waals surface area contributed by atoms with E-state index in [1.165, 1.54) is 0 Å². The zero-order valence-electron chi connectivity index (χ0n) is 20.4. The van der Waals surface area contributed by atoms with Crippen molar-refractivity contribution in [2.24, 2.45) is 5.92 Å². The number of aliphatic hydroxyl groups is 1. The van der Waals surface area contributed by atoms with Crippen molar-refractivity contribution < 1.29 is 24.2 Å². The van der Waals surface area contributed by atoms with Crippen molar-refractivity contribution in [3.8, 4) is 23.7 Å². The molecule has 1 N–H and O–H groups in total. The predicted octanol–water partition coefficient (Wildman–Crippen LogP) is 4.46. The number of hydrogen-bond donors (Lipinski definition) is 1. The van der Waals surface area contributed by atoms with Crippen LogP contribution in [0, 0.1) is 29.6 Å². The summed E-state index contributed by atoms with van der Waals surface area (Å²) in [7, 11) is 0. The summed E-state index contributed by atoms with van der Waals surface area (Å²) in [6, 6.07) is 24.1. The largest absolute Gasteiger partial charge is 0.465 e. The van der Waals surface area contributed by atoms with Crippen LogP contribution < -0.4 is 0 Å². The highest BCUT2D eigenvalue weighted by Gasteiger charge is 2.30. The van der Waals surface area contributed by atoms with Crippen molar-refractivity contribution in [3.05, 3.63) is 107 Å². The van der Waals surface area contributed by atoms with Crippen LogP contribution in [0.15, 0.2) is 78.9 Å². The van der Waals surface area contributed by atoms with Crippen molar-refractivity contribution >= 4 is 11.9 Å². The fraction of sp³-hybridized carbons (Fsp3) is 0.226. The van der Waals surface area contributed by atoms with E-state index < -0.39 is 24.0 Å². The first-order valence-electron chi connectivity index (χ1n) is 11.8. The normalized spacial score (nSPS) is 10.9. The molecular weight excluding hydrogens is 452 g/mol. The first-order chi connectivity index (χ1) is 17.5. The summed E-state index contributed by atoms with van der Waals surface area (Å²) >= 11 is 0. The van der Waals surface area contributed by atoms with Crippen LogP contribution in [0.3, 0.4) is 0 Å². The van der Waals surface area contributed by atoms with Gasteiger partial charge < -0.3 is 14.6 Å². The van der Waals surface area contributed by atoms with Crippen LogP contribution in [0.4, 0.5) is 0 Å². The molecule has 0 radical (unpaired) electrons. The Balaban J connectivity index is 1.86. The molecule has 0 aromatic heterocycles. The van der Waals surface area contributed by atoms with Crippen molar-refractivity contribution in [2.45, 2.75) is 26.4 Å². The fourth-order valence-electron chi connectivity index (χ4n) is 3.52. The summed E-state index contributed by atoms with van der Waals surface area (Å²) < 4.78 is 10.2. The minimum atomic E-state index is -1.09. The van der Waals surface area contributed by atoms with Crippen molar-refractivity contribution in [1.82, 2.24) is 0 Å². The minimum Gasteiger partial charge on any atom is -0.465 e. The Morgan fingerprint density at radius 1 is 0.750 bits per heavy atom. The van der Waals surface area contributed by atoms with E-state index in [0.717, 1.165) is 5.56 Å². The molecule has 3 aromatic rings. The van der Waals surface area contributed by atoms with Gasteiger partial charge in [-0.1, -0.05) is 78.3 Å². The molecule has 36 heavy (non-hydrogen) atoms. The summed E-state index contributed by atoms with van der Waals surface area (Å²) in [5, 5.41) is 10.9. The van der Waals surface area contributed by atoms with Gasteiger partial charge in [-0.3, -0.25) is 9.59 Å². The van der Waals surface area contributed by atoms with Gasteiger partial charge in [-0.15, -0.1) is 0 Å². The molecule has 5 nitrogen and oxygen atoms in total. The number of rotatable bonds is 7. The van der Waals surface area contributed by atoms with Gasteiger partial charge in [-0.2, -0.15) is 0 Å². The van der Waals surface area contributed by atoms with Gasteiger partial charge in [-0.05, 0) is 50.1 Å². The maximum Gasteiger partial charge on any atom is 0.320 e. The predicted molar refractivity (Wildman–Crippen MR) is 138 cm³/mol. The first kappa shape index (κ1) is 26.3. The number of aliphatic hydroxyl groups excluding tert-OH is 1. The maximum absolute atomic E-state index is 12.4. The molecule has 0 spiro atoms. The van der Waals surface area contributed by atoms with Crippen LogP contribution in [-0.2, 0) is 25.5 Å². The molecule has 0 aliphatic heterocycles. The Labute approximate surface area is 212 Å². The van der Waals surface area contributed by atoms with Crippen LogP contribution in [0.2, 0.25) is 0 Å². The quantitative estimate of drug-likeness (QED) is 0.307. The van der Waals surface area contributed by atoms with E-state index in [2.05, 4.69) is 23.7 Å². The van der Waals surface area contributed by atoms with E-state index >= 15 is 0 Å². The molecule has 182 valence electrons. The number of benzene rings is 3. The van der Waals surface area contributed by atoms with Crippen LogP contribution in [0.5, 0.6) is 0 Å². The third-order valence-electron chi connectivity index (χ3n) is 5.30. The SMILES string of the molecule is CCOC(=O)C(Cc1ccccc1C#CC(O)c1ccccc1C#Cc1ccccc1)C(=O)OCC. The van der Waals surface area contributed by atoms with E-state index in [1.807, 2.05) is 54.6 Å². The zero-order valence-corrected chi connectivity index (χ0v) is 20.4. The lowest BCUT2D eigenvalue weighted by Crippen LogP contribution is -2.30. The Kier molecular flexibility index (Phi) is 9.89. The van der Waals surface area contributed by atoms with Crippen molar-refractivity contribution in [1.29, 1.82) is 0 Å². The number of carbonyl (C=O) groups excluding carboxylic acids is 2. The first-order valence-corrected chi connectivity index (χ1v) is 11.8. The van der Waals surface area contributed by atoms with E-state index in [9.17, 15) is 14.7 Å². The van der Waals surface area contributed by atoms with Crippen LogP contribution in [0.1, 0.15) is 47.8 Å². The lowest BCUT2D eigenvalue weighted by molar-refractivity contribution is -0.161. The Bertz CT molecular complexity index is 1290. The second-order valence-electron chi connectivity index (χ2n) is 7.79. The van der Waals surface area contributed by atoms with Gasteiger partial charge in [0.05, 0.1) is 13.2 Å². The highest BCUT2D eigenvalue weighted by atomic mass is 16.6. The van der Waals surface area contributed by atoms with Gasteiger partial charge in [-0.25, -0.2) is 0 Å². The average molecular weight is 481 g/mol. The average Bonchev–Trinajstić information content (AvgIpc) is 2.90. The standard InChI is InChI=1S/C31H28O5/c1-3-35-30(33)28(31(34)36-4-2)22-26-16-9-8-14-24(26)20-21-29(32)27-17-11-10-15-25(27)19-18-23-12-6-5-7-13-23/h5-17,28-29,32H,3-4,22H2,1-2H3. The maximum atomic E-state index is 12.4. The highest BCUT2D eigenvalue weighted by Crippen LogP contribution is 2.19. The molecule has 3 rings (SSSR count). The molecule has 0 heterocycles. The summed E-state index contributed by atoms with van der Waals surface area (Å²) in [6.45, 7) is 3.69. The van der Waals surface area contributed by atoms with Gasteiger partial charge in [0.1, 0.15) is 6.10 Å². The second-order valence-corrected chi connectivity index (χ2v) is 7.79. The molecule has 0 aliphatic rings. The van der Waals surface area contributed by atoms with Gasteiger partial charge in [0, 0.05) is 22.3 Å². The van der Waals surface area contributed by atoms with Gasteiger partial charge in [0.25, 0.3) is 0 Å². The van der Waals surface area contributed by atoms with Crippen LogP contribution >= 0.6 is 0 Å². The lowest BCUT2D eigenvalue weighted by Gasteiger charge is -2.15. The summed E-state index contributed by atoms with van der Waals surface area (Å²) in [6.07, 6.45) is -0.997. The molecule has 0 saturated carbocycles. The van der Waals surface area contributed by atoms with Gasteiger partial charge in [0.15, 0.2) is 5.92 Å². The smallest absolute Gasteiger partial charge is 0.320 e. The zero-order chi connectivity index (χ0) is 25.8. The Hall–Kier alpha value is -4.32. The number of hydrogen-bond acceptors (Lipinski definition) is 5. The van der Waals surface area contributed by atoms with E-state index in [-0.39, 0.29) is 19.6 Å². The molecule has 1 unspecified atom stereocenters. The molecule has 0 saturated heterocycles. The third-order valence-corrected chi connectivity index (χ3v) is 5.30. The molecule has 0 bridgehead atoms. The fourth-order valence-corrected chi connectivity index (χ4v) is 3.52. The number of carbonyl (C=O) groups is 2. The van der Waals surface area contributed by atoms with Gasteiger partial charge >= 0.3 is 11.9 Å². The topological polar surface area (TPSA) is 72.8 Å².